The minimum absolute atomic E-state index is 0.592. The zero-order chi connectivity index (χ0) is 14.7. The largest absolute Gasteiger partial charge is 0.307 e. The first-order valence-electron chi connectivity index (χ1n) is 6.55. The third kappa shape index (κ3) is 2.72. The van der Waals surface area contributed by atoms with E-state index in [-0.39, 0.29) is 0 Å². The van der Waals surface area contributed by atoms with Crippen molar-refractivity contribution < 1.29 is 4.57 Å². The van der Waals surface area contributed by atoms with Gasteiger partial charge in [0, 0.05) is 10.6 Å². The van der Waals surface area contributed by atoms with E-state index in [0.29, 0.717) is 10.0 Å². The van der Waals surface area contributed by atoms with Crippen LogP contribution in [0.1, 0.15) is 0 Å². The van der Waals surface area contributed by atoms with Crippen molar-refractivity contribution in [3.63, 3.8) is 0 Å². The molecule has 0 N–H and O–H groups in total. The van der Waals surface area contributed by atoms with E-state index in [1.165, 1.54) is 0 Å². The molecule has 0 atom stereocenters. The summed E-state index contributed by atoms with van der Waals surface area (Å²) in [5, 5.41) is 1.59. The maximum Gasteiger partial charge on any atom is 0.188 e. The van der Waals surface area contributed by atoms with Gasteiger partial charge >= 0.3 is 0 Å². The molecule has 4 heteroatoms. The van der Waals surface area contributed by atoms with Crippen LogP contribution >= 0.6 is 23.1 Å². The van der Waals surface area contributed by atoms with Gasteiger partial charge in [-0.25, -0.2) is 4.98 Å². The molecule has 0 saturated carbocycles. The molecule has 1 heterocycles. The van der Waals surface area contributed by atoms with Crippen molar-refractivity contribution >= 4 is 39.1 Å². The minimum Gasteiger partial charge on any atom is -0.307 e. The number of pyridine rings is 1. The van der Waals surface area contributed by atoms with Gasteiger partial charge in [-0.2, -0.15) is 0 Å². The first-order chi connectivity index (χ1) is 10.2. The molecule has 0 fully saturated rings. The van der Waals surface area contributed by atoms with Crippen LogP contribution in [0.3, 0.4) is 0 Å². The van der Waals surface area contributed by atoms with Gasteiger partial charge in [0.2, 0.25) is 0 Å². The van der Waals surface area contributed by atoms with Crippen molar-refractivity contribution in [2.75, 3.05) is 0 Å². The maximum absolute atomic E-state index is 13.9. The van der Waals surface area contributed by atoms with Crippen molar-refractivity contribution in [2.45, 2.75) is 0 Å². The van der Waals surface area contributed by atoms with Gasteiger partial charge in [-0.15, -0.1) is 0 Å². The van der Waals surface area contributed by atoms with Crippen LogP contribution in [0.2, 0.25) is 0 Å². The molecule has 0 aliphatic heterocycles. The zero-order valence-corrected chi connectivity index (χ0v) is 13.7. The number of nitrogens with zero attached hydrogens (tertiary/aromatic N) is 1. The third-order valence-electron chi connectivity index (χ3n) is 3.26. The molecule has 0 spiro atoms. The topological polar surface area (TPSA) is 30.0 Å². The van der Waals surface area contributed by atoms with Crippen LogP contribution in [0, 0.1) is 0 Å². The predicted molar refractivity (Wildman–Crippen MR) is 91.3 cm³/mol. The minimum atomic E-state index is -2.94. The highest BCUT2D eigenvalue weighted by Gasteiger charge is 2.30. The van der Waals surface area contributed by atoms with E-state index >= 15 is 0 Å². The van der Waals surface area contributed by atoms with E-state index in [9.17, 15) is 4.57 Å². The fourth-order valence-corrected chi connectivity index (χ4v) is 5.30. The van der Waals surface area contributed by atoms with Crippen LogP contribution < -0.4 is 16.0 Å². The summed E-state index contributed by atoms with van der Waals surface area (Å²) in [6.07, 6.45) is 0. The van der Waals surface area contributed by atoms with Crippen molar-refractivity contribution in [2.24, 2.45) is 0 Å². The van der Waals surface area contributed by atoms with Gasteiger partial charge in [0.1, 0.15) is 10.0 Å². The second kappa shape index (κ2) is 5.97. The summed E-state index contributed by atoms with van der Waals surface area (Å²) in [6.45, 7) is 0. The van der Waals surface area contributed by atoms with Gasteiger partial charge < -0.3 is 4.57 Å². The number of rotatable bonds is 3. The van der Waals surface area contributed by atoms with Gasteiger partial charge in [-0.3, -0.25) is 0 Å². The highest BCUT2D eigenvalue weighted by Crippen LogP contribution is 2.41. The standard InChI is InChI=1S/C17H13BrNOP/c18-16-12-7-13-17(19-16)21(20,14-8-3-1-4-9-14)15-10-5-2-6-11-15/h1-13H. The molecule has 0 amide bonds. The van der Waals surface area contributed by atoms with Crippen LogP contribution in [0.5, 0.6) is 0 Å². The van der Waals surface area contributed by atoms with E-state index in [4.69, 9.17) is 0 Å². The number of benzene rings is 2. The Morgan fingerprint density at radius 2 is 1.24 bits per heavy atom. The number of halogens is 1. The Hall–Kier alpha value is -1.70. The maximum atomic E-state index is 13.9. The highest BCUT2D eigenvalue weighted by atomic mass is 79.9. The SMILES string of the molecule is O=P(c1ccccc1)(c1ccccc1)c1cccc(Br)n1. The molecule has 3 rings (SSSR count). The Morgan fingerprint density at radius 3 is 1.71 bits per heavy atom. The lowest BCUT2D eigenvalue weighted by Gasteiger charge is -2.18. The molecule has 0 saturated heterocycles. The Kier molecular flexibility index (Phi) is 4.05. The molecule has 0 unspecified atom stereocenters. The van der Waals surface area contributed by atoms with Gasteiger partial charge in [0.25, 0.3) is 0 Å². The fourth-order valence-electron chi connectivity index (χ4n) is 2.26. The summed E-state index contributed by atoms with van der Waals surface area (Å²) in [6, 6.07) is 24.6. The molecule has 104 valence electrons. The normalized spacial score (nSPS) is 11.3. The predicted octanol–water partition coefficient (Wildman–Crippen LogP) is 3.48. The molecule has 0 bridgehead atoms. The van der Waals surface area contributed by atoms with Crippen molar-refractivity contribution in [3.05, 3.63) is 83.5 Å². The molecular formula is C17H13BrNOP. The Bertz CT molecular complexity index is 747. The molecule has 1 aromatic heterocycles. The van der Waals surface area contributed by atoms with E-state index in [2.05, 4.69) is 20.9 Å². The quantitative estimate of drug-likeness (QED) is 0.530. The average Bonchev–Trinajstić information content (AvgIpc) is 2.56. The lowest BCUT2D eigenvalue weighted by molar-refractivity contribution is 0.592. The molecule has 21 heavy (non-hydrogen) atoms. The molecule has 3 aromatic rings. The summed E-state index contributed by atoms with van der Waals surface area (Å²) in [4.78, 5) is 4.45. The Balaban J connectivity index is 2.29. The summed E-state index contributed by atoms with van der Waals surface area (Å²) < 4.78 is 14.6. The zero-order valence-electron chi connectivity index (χ0n) is 11.2. The summed E-state index contributed by atoms with van der Waals surface area (Å²) in [5.74, 6) is 0. The van der Waals surface area contributed by atoms with Crippen LogP contribution in [0.4, 0.5) is 0 Å². The molecular weight excluding hydrogens is 345 g/mol. The first-order valence-corrected chi connectivity index (χ1v) is 9.05. The fraction of sp³-hybridized carbons (Fsp3) is 0. The number of aromatic nitrogens is 1. The lowest BCUT2D eigenvalue weighted by atomic mass is 10.4. The molecule has 2 nitrogen and oxygen atoms in total. The summed E-state index contributed by atoms with van der Waals surface area (Å²) in [7, 11) is -2.94. The van der Waals surface area contributed by atoms with Crippen LogP contribution in [0.25, 0.3) is 0 Å². The Labute approximate surface area is 132 Å². The Morgan fingerprint density at radius 1 is 0.714 bits per heavy atom. The van der Waals surface area contributed by atoms with E-state index in [1.807, 2.05) is 78.9 Å². The number of hydrogen-bond acceptors (Lipinski definition) is 2. The van der Waals surface area contributed by atoms with Crippen molar-refractivity contribution in [1.82, 2.24) is 4.98 Å². The van der Waals surface area contributed by atoms with E-state index in [1.54, 1.807) is 0 Å². The van der Waals surface area contributed by atoms with Crippen LogP contribution in [-0.2, 0) is 4.57 Å². The second-order valence-corrected chi connectivity index (χ2v) is 8.12. The van der Waals surface area contributed by atoms with Gasteiger partial charge in [0.05, 0.1) is 0 Å². The van der Waals surface area contributed by atoms with Crippen LogP contribution in [-0.4, -0.2) is 4.98 Å². The summed E-state index contributed by atoms with van der Waals surface area (Å²) in [5.41, 5.74) is 0.592. The van der Waals surface area contributed by atoms with Crippen LogP contribution in [0.15, 0.2) is 83.5 Å². The molecule has 0 aliphatic carbocycles. The van der Waals surface area contributed by atoms with Crippen molar-refractivity contribution in [3.8, 4) is 0 Å². The first kappa shape index (κ1) is 14.2. The molecule has 2 aromatic carbocycles. The highest BCUT2D eigenvalue weighted by molar-refractivity contribution is 9.10. The number of hydrogen-bond donors (Lipinski definition) is 0. The molecule has 0 aliphatic rings. The van der Waals surface area contributed by atoms with Crippen molar-refractivity contribution in [1.29, 1.82) is 0 Å². The van der Waals surface area contributed by atoms with E-state index < -0.39 is 7.14 Å². The monoisotopic (exact) mass is 357 g/mol. The third-order valence-corrected chi connectivity index (χ3v) is 6.65. The van der Waals surface area contributed by atoms with Gasteiger partial charge in [0.15, 0.2) is 7.14 Å². The lowest BCUT2D eigenvalue weighted by Crippen LogP contribution is -2.26. The average molecular weight is 358 g/mol. The smallest absolute Gasteiger partial charge is 0.188 e. The van der Waals surface area contributed by atoms with E-state index in [0.717, 1.165) is 10.6 Å². The summed E-state index contributed by atoms with van der Waals surface area (Å²) >= 11 is 3.37. The molecule has 0 radical (unpaired) electrons. The van der Waals surface area contributed by atoms with Gasteiger partial charge in [-0.1, -0.05) is 66.7 Å². The second-order valence-electron chi connectivity index (χ2n) is 4.60. The van der Waals surface area contributed by atoms with Gasteiger partial charge in [-0.05, 0) is 28.1 Å².